The number of nitrogen functional groups attached to an aromatic ring is 1. The second kappa shape index (κ2) is 7.95. The lowest BCUT2D eigenvalue weighted by Gasteiger charge is -2.17. The number of hydrogen-bond acceptors (Lipinski definition) is 3. The Labute approximate surface area is 114 Å². The van der Waals surface area contributed by atoms with E-state index in [4.69, 9.17) is 5.73 Å². The normalized spacial score (nSPS) is 13.3. The molecule has 2 atom stereocenters. The van der Waals surface area contributed by atoms with Gasteiger partial charge in [-0.2, -0.15) is 0 Å². The molecule has 0 aliphatic heterocycles. The fourth-order valence-corrected chi connectivity index (χ4v) is 1.47. The van der Waals surface area contributed by atoms with Crippen LogP contribution in [0.15, 0.2) is 24.3 Å². The standard InChI is InChI=1S/C13H20N2O2.ClH/c1-3-9(2)12(16)8-15-13(17)10-6-4-5-7-11(10)14;/h4-7,9,12,16H,3,8,14H2,1-2H3,(H,15,17);1H. The van der Waals surface area contributed by atoms with Crippen LogP contribution in [0.3, 0.4) is 0 Å². The van der Waals surface area contributed by atoms with Crippen LogP contribution in [0.5, 0.6) is 0 Å². The number of nitrogens with two attached hydrogens (primary N) is 1. The molecule has 0 heterocycles. The highest BCUT2D eigenvalue weighted by Gasteiger charge is 2.14. The molecule has 0 spiro atoms. The van der Waals surface area contributed by atoms with Gasteiger partial charge in [0, 0.05) is 12.2 Å². The number of aliphatic hydroxyl groups is 1. The third-order valence-corrected chi connectivity index (χ3v) is 2.98. The Morgan fingerprint density at radius 2 is 2.06 bits per heavy atom. The maximum Gasteiger partial charge on any atom is 0.253 e. The monoisotopic (exact) mass is 272 g/mol. The fourth-order valence-electron chi connectivity index (χ4n) is 1.47. The summed E-state index contributed by atoms with van der Waals surface area (Å²) in [7, 11) is 0. The predicted octanol–water partition coefficient (Wildman–Crippen LogP) is 1.83. The summed E-state index contributed by atoms with van der Waals surface area (Å²) in [5, 5.41) is 12.4. The van der Waals surface area contributed by atoms with Crippen molar-refractivity contribution in [1.29, 1.82) is 0 Å². The number of carbonyl (C=O) groups is 1. The largest absolute Gasteiger partial charge is 0.398 e. The SMILES string of the molecule is CCC(C)C(O)CNC(=O)c1ccccc1N.Cl. The smallest absolute Gasteiger partial charge is 0.253 e. The first-order chi connectivity index (χ1) is 8.06. The average Bonchev–Trinajstić information content (AvgIpc) is 2.35. The molecule has 4 nitrogen and oxygen atoms in total. The maximum atomic E-state index is 11.8. The predicted molar refractivity (Wildman–Crippen MR) is 75.9 cm³/mol. The van der Waals surface area contributed by atoms with E-state index in [1.807, 2.05) is 13.8 Å². The number of nitrogens with one attached hydrogen (secondary N) is 1. The molecule has 0 aromatic heterocycles. The first kappa shape index (κ1) is 16.7. The molecule has 0 bridgehead atoms. The van der Waals surface area contributed by atoms with Gasteiger partial charge in [-0.05, 0) is 18.1 Å². The summed E-state index contributed by atoms with van der Waals surface area (Å²) in [6, 6.07) is 6.89. The summed E-state index contributed by atoms with van der Waals surface area (Å²) in [5.41, 5.74) is 6.59. The Morgan fingerprint density at radius 3 is 2.61 bits per heavy atom. The molecule has 5 heteroatoms. The number of carbonyl (C=O) groups excluding carboxylic acids is 1. The summed E-state index contributed by atoms with van der Waals surface area (Å²) < 4.78 is 0. The molecular formula is C13H21ClN2O2. The van der Waals surface area contributed by atoms with Crippen molar-refractivity contribution in [2.45, 2.75) is 26.4 Å². The Balaban J connectivity index is 0.00000289. The molecule has 1 rings (SSSR count). The molecule has 0 aliphatic carbocycles. The summed E-state index contributed by atoms with van der Waals surface area (Å²) in [6.45, 7) is 4.21. The molecule has 0 radical (unpaired) electrons. The van der Waals surface area contributed by atoms with Gasteiger partial charge in [0.15, 0.2) is 0 Å². The van der Waals surface area contributed by atoms with Crippen molar-refractivity contribution in [3.8, 4) is 0 Å². The quantitative estimate of drug-likeness (QED) is 0.716. The molecule has 18 heavy (non-hydrogen) atoms. The van der Waals surface area contributed by atoms with E-state index < -0.39 is 6.10 Å². The van der Waals surface area contributed by atoms with Crippen LogP contribution in [0, 0.1) is 5.92 Å². The molecule has 1 aromatic rings. The lowest BCUT2D eigenvalue weighted by atomic mass is 10.0. The Hall–Kier alpha value is -1.26. The van der Waals surface area contributed by atoms with Crippen LogP contribution in [-0.2, 0) is 0 Å². The lowest BCUT2D eigenvalue weighted by molar-refractivity contribution is 0.0851. The van der Waals surface area contributed by atoms with Crippen LogP contribution >= 0.6 is 12.4 Å². The number of rotatable bonds is 5. The van der Waals surface area contributed by atoms with Gasteiger partial charge in [0.2, 0.25) is 0 Å². The van der Waals surface area contributed by atoms with Crippen LogP contribution in [0.25, 0.3) is 0 Å². The van der Waals surface area contributed by atoms with E-state index in [1.165, 1.54) is 0 Å². The molecule has 2 unspecified atom stereocenters. The number of amides is 1. The van der Waals surface area contributed by atoms with Crippen molar-refractivity contribution >= 4 is 24.0 Å². The van der Waals surface area contributed by atoms with Crippen molar-refractivity contribution in [2.75, 3.05) is 12.3 Å². The highest BCUT2D eigenvalue weighted by atomic mass is 35.5. The summed E-state index contributed by atoms with van der Waals surface area (Å²) in [5.74, 6) is -0.0751. The van der Waals surface area contributed by atoms with Gasteiger partial charge in [-0.1, -0.05) is 32.4 Å². The Bertz CT molecular complexity index is 385. The molecule has 1 amide bonds. The van der Waals surface area contributed by atoms with E-state index in [2.05, 4.69) is 5.32 Å². The van der Waals surface area contributed by atoms with E-state index in [0.717, 1.165) is 6.42 Å². The molecule has 4 N–H and O–H groups in total. The van der Waals surface area contributed by atoms with E-state index in [-0.39, 0.29) is 30.8 Å². The summed E-state index contributed by atoms with van der Waals surface area (Å²) in [6.07, 6.45) is 0.360. The highest BCUT2D eigenvalue weighted by Crippen LogP contribution is 2.11. The summed E-state index contributed by atoms with van der Waals surface area (Å²) in [4.78, 5) is 11.8. The molecule has 1 aromatic carbocycles. The van der Waals surface area contributed by atoms with Crippen LogP contribution in [-0.4, -0.2) is 23.7 Å². The second-order valence-corrected chi connectivity index (χ2v) is 4.25. The van der Waals surface area contributed by atoms with Crippen molar-refractivity contribution in [1.82, 2.24) is 5.32 Å². The number of benzene rings is 1. The third kappa shape index (κ3) is 4.55. The van der Waals surface area contributed by atoms with E-state index in [0.29, 0.717) is 11.3 Å². The zero-order valence-corrected chi connectivity index (χ0v) is 11.5. The highest BCUT2D eigenvalue weighted by molar-refractivity contribution is 5.99. The van der Waals surface area contributed by atoms with Crippen molar-refractivity contribution in [2.24, 2.45) is 5.92 Å². The van der Waals surface area contributed by atoms with E-state index in [1.54, 1.807) is 24.3 Å². The molecular weight excluding hydrogens is 252 g/mol. The fraction of sp³-hybridized carbons (Fsp3) is 0.462. The first-order valence-corrected chi connectivity index (χ1v) is 5.87. The second-order valence-electron chi connectivity index (χ2n) is 4.25. The van der Waals surface area contributed by atoms with E-state index >= 15 is 0 Å². The maximum absolute atomic E-state index is 11.8. The first-order valence-electron chi connectivity index (χ1n) is 5.87. The van der Waals surface area contributed by atoms with Crippen LogP contribution in [0.2, 0.25) is 0 Å². The minimum Gasteiger partial charge on any atom is -0.398 e. The molecule has 102 valence electrons. The number of halogens is 1. The minimum atomic E-state index is -0.520. The zero-order valence-electron chi connectivity index (χ0n) is 10.7. The molecule has 0 saturated carbocycles. The third-order valence-electron chi connectivity index (χ3n) is 2.98. The Morgan fingerprint density at radius 1 is 1.44 bits per heavy atom. The minimum absolute atomic E-state index is 0. The number of para-hydroxylation sites is 1. The van der Waals surface area contributed by atoms with Gasteiger partial charge >= 0.3 is 0 Å². The van der Waals surface area contributed by atoms with Gasteiger partial charge in [0.25, 0.3) is 5.91 Å². The number of anilines is 1. The van der Waals surface area contributed by atoms with Crippen molar-refractivity contribution < 1.29 is 9.90 Å². The Kier molecular flexibility index (Phi) is 7.39. The van der Waals surface area contributed by atoms with Crippen LogP contribution in [0.4, 0.5) is 5.69 Å². The van der Waals surface area contributed by atoms with Gasteiger partial charge in [-0.25, -0.2) is 0 Å². The van der Waals surface area contributed by atoms with E-state index in [9.17, 15) is 9.90 Å². The number of hydrogen-bond donors (Lipinski definition) is 3. The summed E-state index contributed by atoms with van der Waals surface area (Å²) >= 11 is 0. The van der Waals surface area contributed by atoms with Gasteiger partial charge in [-0.15, -0.1) is 12.4 Å². The topological polar surface area (TPSA) is 75.3 Å². The molecule has 0 aliphatic rings. The zero-order chi connectivity index (χ0) is 12.8. The van der Waals surface area contributed by atoms with Gasteiger partial charge in [0.05, 0.1) is 11.7 Å². The van der Waals surface area contributed by atoms with Crippen LogP contribution in [0.1, 0.15) is 30.6 Å². The van der Waals surface area contributed by atoms with Gasteiger partial charge in [0.1, 0.15) is 0 Å². The lowest BCUT2D eigenvalue weighted by Crippen LogP contribution is -2.35. The number of aliphatic hydroxyl groups excluding tert-OH is 1. The van der Waals surface area contributed by atoms with Gasteiger partial charge in [-0.3, -0.25) is 4.79 Å². The molecule has 0 saturated heterocycles. The average molecular weight is 273 g/mol. The van der Waals surface area contributed by atoms with Crippen molar-refractivity contribution in [3.05, 3.63) is 29.8 Å². The van der Waals surface area contributed by atoms with Gasteiger partial charge < -0.3 is 16.2 Å². The van der Waals surface area contributed by atoms with Crippen molar-refractivity contribution in [3.63, 3.8) is 0 Å². The van der Waals surface area contributed by atoms with Crippen LogP contribution < -0.4 is 11.1 Å². The molecule has 0 fully saturated rings.